The number of carbonyl (C=O) groups is 1. The Balaban J connectivity index is 1.70. The fraction of sp³-hybridized carbons (Fsp3) is 0.304. The van der Waals surface area contributed by atoms with Crippen molar-refractivity contribution in [2.24, 2.45) is 0 Å². The van der Waals surface area contributed by atoms with Crippen LogP contribution in [0.15, 0.2) is 40.5 Å². The molecular formula is C23H25FN6O2S. The molecule has 3 aromatic heterocycles. The van der Waals surface area contributed by atoms with E-state index in [1.165, 1.54) is 27.9 Å². The van der Waals surface area contributed by atoms with Crippen LogP contribution in [0.5, 0.6) is 0 Å². The topological polar surface area (TPSA) is 84.5 Å². The molecule has 0 spiro atoms. The quantitative estimate of drug-likeness (QED) is 0.451. The molecule has 172 valence electrons. The van der Waals surface area contributed by atoms with Gasteiger partial charge in [0.15, 0.2) is 4.96 Å². The van der Waals surface area contributed by atoms with Crippen LogP contribution < -0.4 is 10.9 Å². The van der Waals surface area contributed by atoms with Gasteiger partial charge in [-0.15, -0.1) is 11.3 Å². The number of hydrogen-bond donors (Lipinski definition) is 1. The molecule has 1 aromatic carbocycles. The van der Waals surface area contributed by atoms with E-state index in [0.717, 1.165) is 12.2 Å². The van der Waals surface area contributed by atoms with Crippen molar-refractivity contribution >= 4 is 22.2 Å². The predicted octanol–water partition coefficient (Wildman–Crippen LogP) is 2.58. The lowest BCUT2D eigenvalue weighted by Crippen LogP contribution is -2.33. The zero-order valence-electron chi connectivity index (χ0n) is 18.9. The van der Waals surface area contributed by atoms with Crippen molar-refractivity contribution < 1.29 is 9.18 Å². The van der Waals surface area contributed by atoms with Crippen LogP contribution in [0, 0.1) is 19.7 Å². The number of rotatable bonds is 7. The standard InChI is InChI=1S/C23H25FN6O2S/c1-14-11-19(27-30(14)17-7-5-16(24)6-8-17)21-15(2)26-23-29(22(21)32)18(13-33-23)12-20(31)25-9-10-28(3)4/h5-8,11,13H,9-10,12H2,1-4H3,(H,25,31). The van der Waals surface area contributed by atoms with Crippen LogP contribution in [0.1, 0.15) is 17.1 Å². The van der Waals surface area contributed by atoms with E-state index < -0.39 is 0 Å². The molecule has 0 bridgehead atoms. The Bertz CT molecular complexity index is 1370. The third kappa shape index (κ3) is 4.71. The molecule has 0 unspecified atom stereocenters. The number of halogens is 1. The Morgan fingerprint density at radius 2 is 1.94 bits per heavy atom. The number of nitrogens with zero attached hydrogens (tertiary/aromatic N) is 5. The van der Waals surface area contributed by atoms with Gasteiger partial charge in [-0.05, 0) is 58.3 Å². The maximum Gasteiger partial charge on any atom is 0.268 e. The summed E-state index contributed by atoms with van der Waals surface area (Å²) >= 11 is 1.33. The molecule has 4 aromatic rings. The van der Waals surface area contributed by atoms with E-state index in [1.807, 2.05) is 25.9 Å². The van der Waals surface area contributed by atoms with E-state index in [-0.39, 0.29) is 23.7 Å². The minimum Gasteiger partial charge on any atom is -0.354 e. The molecule has 0 saturated carbocycles. The van der Waals surface area contributed by atoms with Crippen LogP contribution in [-0.4, -0.2) is 57.2 Å². The van der Waals surface area contributed by atoms with Crippen molar-refractivity contribution in [3.8, 4) is 16.9 Å². The first-order valence-corrected chi connectivity index (χ1v) is 11.4. The van der Waals surface area contributed by atoms with Gasteiger partial charge in [0.2, 0.25) is 5.91 Å². The van der Waals surface area contributed by atoms with E-state index in [1.54, 1.807) is 35.2 Å². The van der Waals surface area contributed by atoms with E-state index in [0.29, 0.717) is 39.8 Å². The fourth-order valence-corrected chi connectivity index (χ4v) is 4.54. The third-order valence-electron chi connectivity index (χ3n) is 5.26. The van der Waals surface area contributed by atoms with Gasteiger partial charge < -0.3 is 10.2 Å². The van der Waals surface area contributed by atoms with Crippen LogP contribution in [0.2, 0.25) is 0 Å². The number of benzene rings is 1. The van der Waals surface area contributed by atoms with Gasteiger partial charge in [-0.2, -0.15) is 5.10 Å². The second-order valence-electron chi connectivity index (χ2n) is 8.11. The number of thiazole rings is 1. The predicted molar refractivity (Wildman–Crippen MR) is 127 cm³/mol. The van der Waals surface area contributed by atoms with Crippen LogP contribution >= 0.6 is 11.3 Å². The molecule has 0 radical (unpaired) electrons. The Morgan fingerprint density at radius 3 is 2.64 bits per heavy atom. The summed E-state index contributed by atoms with van der Waals surface area (Å²) in [5, 5.41) is 9.27. The largest absolute Gasteiger partial charge is 0.354 e. The summed E-state index contributed by atoms with van der Waals surface area (Å²) in [4.78, 5) is 33.0. The zero-order chi connectivity index (χ0) is 23.7. The summed E-state index contributed by atoms with van der Waals surface area (Å²) in [6, 6.07) is 7.80. The highest BCUT2D eigenvalue weighted by molar-refractivity contribution is 7.15. The molecule has 3 heterocycles. The highest BCUT2D eigenvalue weighted by Gasteiger charge is 2.20. The molecule has 1 amide bonds. The van der Waals surface area contributed by atoms with Crippen molar-refractivity contribution in [1.29, 1.82) is 0 Å². The molecule has 8 nitrogen and oxygen atoms in total. The zero-order valence-corrected chi connectivity index (χ0v) is 19.7. The Kier molecular flexibility index (Phi) is 6.39. The van der Waals surface area contributed by atoms with Gasteiger partial charge in [-0.1, -0.05) is 0 Å². The number of nitrogens with one attached hydrogen (secondary N) is 1. The summed E-state index contributed by atoms with van der Waals surface area (Å²) in [6.45, 7) is 4.91. The van der Waals surface area contributed by atoms with Crippen LogP contribution in [0.3, 0.4) is 0 Å². The second kappa shape index (κ2) is 9.24. The molecule has 33 heavy (non-hydrogen) atoms. The monoisotopic (exact) mass is 468 g/mol. The van der Waals surface area contributed by atoms with Gasteiger partial charge in [0.25, 0.3) is 5.56 Å². The van der Waals surface area contributed by atoms with Gasteiger partial charge in [-0.3, -0.25) is 14.0 Å². The lowest BCUT2D eigenvalue weighted by Gasteiger charge is -2.10. The Morgan fingerprint density at radius 1 is 1.21 bits per heavy atom. The van der Waals surface area contributed by atoms with Gasteiger partial charge in [0, 0.05) is 29.9 Å². The number of aryl methyl sites for hydroxylation is 2. The average Bonchev–Trinajstić information content (AvgIpc) is 3.32. The van der Waals surface area contributed by atoms with E-state index >= 15 is 0 Å². The number of hydrogen-bond acceptors (Lipinski definition) is 6. The van der Waals surface area contributed by atoms with Crippen molar-refractivity contribution in [2.75, 3.05) is 27.2 Å². The highest BCUT2D eigenvalue weighted by Crippen LogP contribution is 2.23. The van der Waals surface area contributed by atoms with Crippen molar-refractivity contribution in [3.63, 3.8) is 0 Å². The minimum atomic E-state index is -0.330. The van der Waals surface area contributed by atoms with Crippen molar-refractivity contribution in [2.45, 2.75) is 20.3 Å². The van der Waals surface area contributed by atoms with Gasteiger partial charge in [-0.25, -0.2) is 14.1 Å². The van der Waals surface area contributed by atoms with Crippen molar-refractivity contribution in [3.05, 3.63) is 69.0 Å². The molecule has 1 N–H and O–H groups in total. The Hall–Kier alpha value is -3.37. The first-order chi connectivity index (χ1) is 15.7. The van der Waals surface area contributed by atoms with E-state index in [4.69, 9.17) is 0 Å². The molecule has 0 atom stereocenters. The summed E-state index contributed by atoms with van der Waals surface area (Å²) in [6.07, 6.45) is 0.0839. The Labute approximate surface area is 194 Å². The van der Waals surface area contributed by atoms with Crippen molar-refractivity contribution in [1.82, 2.24) is 29.4 Å². The van der Waals surface area contributed by atoms with E-state index in [2.05, 4.69) is 15.4 Å². The van der Waals surface area contributed by atoms with E-state index in [9.17, 15) is 14.0 Å². The van der Waals surface area contributed by atoms with Gasteiger partial charge in [0.05, 0.1) is 23.4 Å². The first kappa shape index (κ1) is 22.8. The lowest BCUT2D eigenvalue weighted by molar-refractivity contribution is -0.120. The summed E-state index contributed by atoms with van der Waals surface area (Å²) in [7, 11) is 3.87. The van der Waals surface area contributed by atoms with Crippen LogP contribution in [-0.2, 0) is 11.2 Å². The average molecular weight is 469 g/mol. The van der Waals surface area contributed by atoms with Gasteiger partial charge in [0.1, 0.15) is 11.5 Å². The number of likely N-dealkylation sites (N-methyl/N-ethyl adjacent to an activating group) is 1. The maximum absolute atomic E-state index is 13.5. The number of aromatic nitrogens is 4. The molecule has 0 aliphatic rings. The van der Waals surface area contributed by atoms with Gasteiger partial charge >= 0.3 is 0 Å². The number of carbonyl (C=O) groups excluding carboxylic acids is 1. The highest BCUT2D eigenvalue weighted by atomic mass is 32.1. The molecule has 0 fully saturated rings. The molecule has 0 aliphatic carbocycles. The number of amides is 1. The smallest absolute Gasteiger partial charge is 0.268 e. The first-order valence-electron chi connectivity index (χ1n) is 10.5. The second-order valence-corrected chi connectivity index (χ2v) is 8.95. The summed E-state index contributed by atoms with van der Waals surface area (Å²) in [5.74, 6) is -0.481. The minimum absolute atomic E-state index is 0.0839. The molecular weight excluding hydrogens is 443 g/mol. The molecule has 4 rings (SSSR count). The molecule has 0 aliphatic heterocycles. The SMILES string of the molecule is Cc1nc2scc(CC(=O)NCCN(C)C)n2c(=O)c1-c1cc(C)n(-c2ccc(F)cc2)n1. The van der Waals surface area contributed by atoms with Crippen LogP contribution in [0.4, 0.5) is 4.39 Å². The molecule has 0 saturated heterocycles. The lowest BCUT2D eigenvalue weighted by atomic mass is 10.1. The number of fused-ring (bicyclic) bond motifs is 1. The summed E-state index contributed by atoms with van der Waals surface area (Å²) in [5.41, 5.74) is 3.23. The van der Waals surface area contributed by atoms with Crippen LogP contribution in [0.25, 0.3) is 21.9 Å². The maximum atomic E-state index is 13.5. The fourth-order valence-electron chi connectivity index (χ4n) is 3.61. The summed E-state index contributed by atoms with van der Waals surface area (Å²) < 4.78 is 16.5. The third-order valence-corrected chi connectivity index (χ3v) is 6.13. The molecule has 10 heteroatoms. The normalized spacial score (nSPS) is 11.5.